The summed E-state index contributed by atoms with van der Waals surface area (Å²) in [5, 5.41) is 49.1. The normalized spacial score (nSPS) is 32.7. The Bertz CT molecular complexity index is 526. The van der Waals surface area contributed by atoms with Crippen molar-refractivity contribution in [3.05, 3.63) is 28.1 Å². The van der Waals surface area contributed by atoms with Crippen LogP contribution in [-0.2, 0) is 14.3 Å². The van der Waals surface area contributed by atoms with Crippen LogP contribution < -0.4 is 0 Å². The molecule has 1 aliphatic heterocycles. The third kappa shape index (κ3) is 3.64. The quantitative estimate of drug-likeness (QED) is 0.342. The van der Waals surface area contributed by atoms with Crippen molar-refractivity contribution >= 4 is 23.4 Å². The summed E-state index contributed by atoms with van der Waals surface area (Å²) < 4.78 is 10.2. The molecule has 5 unspecified atom stereocenters. The zero-order chi connectivity index (χ0) is 16.3. The molecule has 0 spiro atoms. The van der Waals surface area contributed by atoms with Crippen LogP contribution in [0.2, 0.25) is 0 Å². The van der Waals surface area contributed by atoms with Crippen molar-refractivity contribution in [1.82, 2.24) is 0 Å². The molecular formula is C13H16O8S. The van der Waals surface area contributed by atoms with Crippen molar-refractivity contribution in [1.29, 1.82) is 0 Å². The summed E-state index contributed by atoms with van der Waals surface area (Å²) in [6, 6.07) is 3.40. The first kappa shape index (κ1) is 16.9. The molecule has 8 nitrogen and oxygen atoms in total. The molecule has 0 radical (unpaired) electrons. The van der Waals surface area contributed by atoms with Crippen LogP contribution in [0.5, 0.6) is 0 Å². The second-order valence-electron chi connectivity index (χ2n) is 4.64. The van der Waals surface area contributed by atoms with Crippen LogP contribution in [0.25, 0.3) is 6.08 Å². The largest absolute Gasteiger partial charge is 0.475 e. The zero-order valence-electron chi connectivity index (χ0n) is 11.3. The summed E-state index contributed by atoms with van der Waals surface area (Å²) in [7, 11) is 0. The average molecular weight is 332 g/mol. The lowest BCUT2D eigenvalue weighted by molar-refractivity contribution is -0.291. The molecule has 5 atom stereocenters. The van der Waals surface area contributed by atoms with Gasteiger partial charge in [-0.15, -0.1) is 11.3 Å². The fraction of sp³-hybridized carbons (Fsp3) is 0.462. The van der Waals surface area contributed by atoms with Gasteiger partial charge < -0.3 is 35.0 Å². The highest BCUT2D eigenvalue weighted by Crippen LogP contribution is 2.25. The predicted molar refractivity (Wildman–Crippen MR) is 74.8 cm³/mol. The predicted octanol–water partition coefficient (Wildman–Crippen LogP) is -1.01. The van der Waals surface area contributed by atoms with Crippen LogP contribution in [0.1, 0.15) is 4.88 Å². The molecule has 0 aliphatic carbocycles. The number of hydrogen-bond acceptors (Lipinski definition) is 8. The lowest BCUT2D eigenvalue weighted by Gasteiger charge is -2.39. The summed E-state index contributed by atoms with van der Waals surface area (Å²) >= 11 is 1.29. The van der Waals surface area contributed by atoms with Crippen LogP contribution in [0.3, 0.4) is 0 Å². The fourth-order valence-electron chi connectivity index (χ4n) is 1.94. The maximum absolute atomic E-state index is 11.2. The van der Waals surface area contributed by atoms with Crippen molar-refractivity contribution in [3.8, 4) is 0 Å². The number of carboxylic acid groups (broad SMARTS) is 1. The van der Waals surface area contributed by atoms with Crippen LogP contribution in [0, 0.1) is 0 Å². The van der Waals surface area contributed by atoms with E-state index in [4.69, 9.17) is 19.7 Å². The first-order chi connectivity index (χ1) is 10.4. The van der Waals surface area contributed by atoms with Crippen molar-refractivity contribution in [2.45, 2.75) is 30.7 Å². The van der Waals surface area contributed by atoms with E-state index >= 15 is 0 Å². The van der Waals surface area contributed by atoms with E-state index in [9.17, 15) is 20.1 Å². The molecule has 1 aromatic rings. The summed E-state index contributed by atoms with van der Waals surface area (Å²) in [5.41, 5.74) is 0. The molecule has 5 N–H and O–H groups in total. The van der Waals surface area contributed by atoms with E-state index < -0.39 is 49.0 Å². The second kappa shape index (κ2) is 7.18. The highest BCUT2D eigenvalue weighted by atomic mass is 32.1. The highest BCUT2D eigenvalue weighted by Gasteiger charge is 2.45. The van der Waals surface area contributed by atoms with Gasteiger partial charge in [0.2, 0.25) is 12.0 Å². The number of aliphatic carboxylic acids is 1. The molecule has 1 fully saturated rings. The van der Waals surface area contributed by atoms with Crippen molar-refractivity contribution in [2.75, 3.05) is 6.61 Å². The molecule has 2 rings (SSSR count). The number of carbonyl (C=O) groups is 1. The van der Waals surface area contributed by atoms with Gasteiger partial charge >= 0.3 is 5.97 Å². The third-order valence-electron chi connectivity index (χ3n) is 3.12. The monoisotopic (exact) mass is 332 g/mol. The zero-order valence-corrected chi connectivity index (χ0v) is 12.1. The molecule has 0 aromatic carbocycles. The lowest BCUT2D eigenvalue weighted by Crippen LogP contribution is -2.59. The summed E-state index contributed by atoms with van der Waals surface area (Å²) in [5.74, 6) is -1.88. The molecule has 0 amide bonds. The minimum absolute atomic E-state index is 0.494. The van der Waals surface area contributed by atoms with Crippen molar-refractivity contribution in [2.24, 2.45) is 0 Å². The number of carboxylic acids is 1. The Hall–Kier alpha value is -1.49. The van der Waals surface area contributed by atoms with E-state index in [-0.39, 0.29) is 0 Å². The number of rotatable bonds is 5. The van der Waals surface area contributed by atoms with E-state index in [1.165, 1.54) is 17.4 Å². The molecule has 1 saturated heterocycles. The SMILES string of the molecule is O=C(O)C(=Cc1cccs1)OC1OC(CO)C(O)C(O)C1O. The molecule has 9 heteroatoms. The smallest absolute Gasteiger partial charge is 0.371 e. The Labute approximate surface area is 129 Å². The molecule has 22 heavy (non-hydrogen) atoms. The Morgan fingerprint density at radius 1 is 1.32 bits per heavy atom. The highest BCUT2D eigenvalue weighted by molar-refractivity contribution is 7.10. The van der Waals surface area contributed by atoms with E-state index in [0.717, 1.165) is 0 Å². The van der Waals surface area contributed by atoms with Gasteiger partial charge in [-0.3, -0.25) is 0 Å². The Balaban J connectivity index is 2.17. The second-order valence-corrected chi connectivity index (χ2v) is 5.62. The van der Waals surface area contributed by atoms with Gasteiger partial charge in [0, 0.05) is 11.0 Å². The maximum atomic E-state index is 11.2. The van der Waals surface area contributed by atoms with Gasteiger partial charge in [-0.2, -0.15) is 0 Å². The number of aliphatic hydroxyl groups excluding tert-OH is 4. The summed E-state index contributed by atoms with van der Waals surface area (Å²) in [6.07, 6.45) is -6.28. The van der Waals surface area contributed by atoms with Crippen molar-refractivity contribution < 1.29 is 39.8 Å². The minimum Gasteiger partial charge on any atom is -0.475 e. The number of ether oxygens (including phenoxy) is 2. The van der Waals surface area contributed by atoms with Gasteiger partial charge in [-0.25, -0.2) is 4.79 Å². The van der Waals surface area contributed by atoms with Gasteiger partial charge in [0.25, 0.3) is 0 Å². The Morgan fingerprint density at radius 3 is 2.59 bits per heavy atom. The standard InChI is InChI=1S/C13H16O8S/c14-5-8-9(15)10(16)11(17)13(21-8)20-7(12(18)19)4-6-2-1-3-22-6/h1-4,8-11,13-17H,5H2,(H,18,19). The van der Waals surface area contributed by atoms with Gasteiger partial charge in [0.1, 0.15) is 24.4 Å². The first-order valence-corrected chi connectivity index (χ1v) is 7.27. The Morgan fingerprint density at radius 2 is 2.05 bits per heavy atom. The molecular weight excluding hydrogens is 316 g/mol. The van der Waals surface area contributed by atoms with Crippen LogP contribution in [-0.4, -0.2) is 68.8 Å². The van der Waals surface area contributed by atoms with Gasteiger partial charge in [-0.05, 0) is 11.4 Å². The molecule has 0 saturated carbocycles. The number of hydrogen-bond donors (Lipinski definition) is 5. The third-order valence-corrected chi connectivity index (χ3v) is 3.94. The van der Waals surface area contributed by atoms with Gasteiger partial charge in [0.05, 0.1) is 6.61 Å². The lowest BCUT2D eigenvalue weighted by atomic mass is 9.99. The van der Waals surface area contributed by atoms with Crippen LogP contribution >= 0.6 is 11.3 Å². The number of aliphatic hydroxyl groups is 4. The summed E-state index contributed by atoms with van der Waals surface area (Å²) in [6.45, 7) is -0.623. The summed E-state index contributed by atoms with van der Waals surface area (Å²) in [4.78, 5) is 11.8. The topological polar surface area (TPSA) is 137 Å². The molecule has 1 aromatic heterocycles. The van der Waals surface area contributed by atoms with Crippen LogP contribution in [0.4, 0.5) is 0 Å². The molecule has 122 valence electrons. The number of thiophene rings is 1. The molecule has 2 heterocycles. The fourth-order valence-corrected chi connectivity index (χ4v) is 2.59. The van der Waals surface area contributed by atoms with Crippen LogP contribution in [0.15, 0.2) is 23.3 Å². The van der Waals surface area contributed by atoms with Gasteiger partial charge in [0.15, 0.2) is 0 Å². The molecule has 0 bridgehead atoms. The first-order valence-electron chi connectivity index (χ1n) is 6.39. The van der Waals surface area contributed by atoms with E-state index in [1.54, 1.807) is 17.5 Å². The van der Waals surface area contributed by atoms with Gasteiger partial charge in [-0.1, -0.05) is 6.07 Å². The van der Waals surface area contributed by atoms with Crippen molar-refractivity contribution in [3.63, 3.8) is 0 Å². The van der Waals surface area contributed by atoms with E-state index in [0.29, 0.717) is 4.88 Å². The average Bonchev–Trinajstić information content (AvgIpc) is 2.99. The van der Waals surface area contributed by atoms with E-state index in [1.807, 2.05) is 0 Å². The minimum atomic E-state index is -1.66. The molecule has 1 aliphatic rings. The Kier molecular flexibility index (Phi) is 5.51. The maximum Gasteiger partial charge on any atom is 0.371 e. The van der Waals surface area contributed by atoms with E-state index in [2.05, 4.69) is 0 Å².